The highest BCUT2D eigenvalue weighted by atomic mass is 32.2. The van der Waals surface area contributed by atoms with Crippen molar-refractivity contribution >= 4 is 34.7 Å². The van der Waals surface area contributed by atoms with Gasteiger partial charge in [0, 0.05) is 43.7 Å². The molecular formula is C20H27N3OS2. The molecule has 1 N–H and O–H groups in total. The lowest BCUT2D eigenvalue weighted by Gasteiger charge is -2.21. The summed E-state index contributed by atoms with van der Waals surface area (Å²) in [6, 6.07) is 12.7. The van der Waals surface area contributed by atoms with E-state index in [-0.39, 0.29) is 5.91 Å². The van der Waals surface area contributed by atoms with Gasteiger partial charge in [-0.15, -0.1) is 23.1 Å². The topological polar surface area (TPSA) is 35.6 Å². The summed E-state index contributed by atoms with van der Waals surface area (Å²) < 4.78 is 1.40. The zero-order valence-electron chi connectivity index (χ0n) is 15.5. The van der Waals surface area contributed by atoms with Crippen molar-refractivity contribution in [3.63, 3.8) is 0 Å². The molecule has 1 aliphatic rings. The second-order valence-electron chi connectivity index (χ2n) is 6.71. The van der Waals surface area contributed by atoms with Gasteiger partial charge >= 0.3 is 0 Å². The fourth-order valence-electron chi connectivity index (χ4n) is 3.27. The van der Waals surface area contributed by atoms with Gasteiger partial charge in [0.1, 0.15) is 0 Å². The Bertz CT molecular complexity index is 714. The number of amides is 1. The Morgan fingerprint density at radius 2 is 1.73 bits per heavy atom. The molecule has 1 amide bonds. The van der Waals surface area contributed by atoms with E-state index >= 15 is 0 Å². The number of carbonyl (C=O) groups excluding carboxylic acids is 1. The first-order chi connectivity index (χ1) is 12.6. The Balaban J connectivity index is 1.49. The molecule has 0 radical (unpaired) electrons. The van der Waals surface area contributed by atoms with Crippen molar-refractivity contribution in [2.75, 3.05) is 37.8 Å². The first-order valence-corrected chi connectivity index (χ1v) is 11.1. The summed E-state index contributed by atoms with van der Waals surface area (Å²) in [5.74, 6) is -0.0271. The lowest BCUT2D eigenvalue weighted by Crippen LogP contribution is -2.30. The predicted molar refractivity (Wildman–Crippen MR) is 112 cm³/mol. The van der Waals surface area contributed by atoms with Crippen LogP contribution >= 0.6 is 23.1 Å². The van der Waals surface area contributed by atoms with Gasteiger partial charge in [-0.2, -0.15) is 0 Å². The van der Waals surface area contributed by atoms with Crippen molar-refractivity contribution in [3.05, 3.63) is 46.8 Å². The molecule has 1 fully saturated rings. The number of hydrogen-bond acceptors (Lipinski definition) is 5. The average Bonchev–Trinajstić information content (AvgIpc) is 2.96. The average molecular weight is 390 g/mol. The van der Waals surface area contributed by atoms with Gasteiger partial charge in [0.25, 0.3) is 0 Å². The number of thiophene rings is 1. The van der Waals surface area contributed by atoms with E-state index in [2.05, 4.69) is 45.6 Å². The molecule has 1 saturated heterocycles. The maximum Gasteiger partial charge on any atom is 0.221 e. The van der Waals surface area contributed by atoms with Crippen LogP contribution in [0.3, 0.4) is 0 Å². The van der Waals surface area contributed by atoms with Crippen LogP contribution in [-0.2, 0) is 17.9 Å². The number of nitrogens with one attached hydrogen (secondary N) is 1. The van der Waals surface area contributed by atoms with E-state index in [0.717, 1.165) is 38.4 Å². The summed E-state index contributed by atoms with van der Waals surface area (Å²) in [4.78, 5) is 17.7. The van der Waals surface area contributed by atoms with Gasteiger partial charge in [0.2, 0.25) is 5.91 Å². The molecule has 0 unspecified atom stereocenters. The summed E-state index contributed by atoms with van der Waals surface area (Å²) in [5, 5.41) is 2.82. The highest BCUT2D eigenvalue weighted by Crippen LogP contribution is 2.26. The molecule has 3 rings (SSSR count). The Kier molecular flexibility index (Phi) is 7.14. The molecule has 0 bridgehead atoms. The normalized spacial score (nSPS) is 16.4. The van der Waals surface area contributed by atoms with Crippen molar-refractivity contribution in [3.8, 4) is 0 Å². The van der Waals surface area contributed by atoms with Crippen LogP contribution in [0.15, 0.2) is 40.6 Å². The lowest BCUT2D eigenvalue weighted by atomic mass is 10.2. The molecule has 1 aromatic heterocycles. The second-order valence-corrected chi connectivity index (χ2v) is 8.98. The maximum absolute atomic E-state index is 11.1. The first kappa shape index (κ1) is 19.4. The van der Waals surface area contributed by atoms with Crippen LogP contribution in [0, 0.1) is 0 Å². The molecule has 4 nitrogen and oxygen atoms in total. The monoisotopic (exact) mass is 389 g/mol. The molecule has 2 heterocycles. The lowest BCUT2D eigenvalue weighted by molar-refractivity contribution is -0.114. The molecule has 26 heavy (non-hydrogen) atoms. The van der Waals surface area contributed by atoms with Crippen molar-refractivity contribution in [1.82, 2.24) is 9.80 Å². The van der Waals surface area contributed by atoms with Crippen molar-refractivity contribution < 1.29 is 4.79 Å². The minimum Gasteiger partial charge on any atom is -0.326 e. The zero-order valence-corrected chi connectivity index (χ0v) is 17.2. The van der Waals surface area contributed by atoms with Crippen LogP contribution in [-0.4, -0.2) is 48.1 Å². The maximum atomic E-state index is 11.1. The van der Waals surface area contributed by atoms with Crippen LogP contribution < -0.4 is 5.32 Å². The van der Waals surface area contributed by atoms with Gasteiger partial charge in [0.05, 0.1) is 4.21 Å². The molecular weight excluding hydrogens is 362 g/mol. The van der Waals surface area contributed by atoms with E-state index in [1.54, 1.807) is 0 Å². The van der Waals surface area contributed by atoms with Crippen LogP contribution in [0.2, 0.25) is 0 Å². The van der Waals surface area contributed by atoms with Gasteiger partial charge in [0.15, 0.2) is 0 Å². The first-order valence-electron chi connectivity index (χ1n) is 9.06. The summed E-state index contributed by atoms with van der Waals surface area (Å²) in [6.07, 6.45) is 3.35. The Hall–Kier alpha value is -1.34. The largest absolute Gasteiger partial charge is 0.326 e. The van der Waals surface area contributed by atoms with Crippen LogP contribution in [0.1, 0.15) is 23.8 Å². The van der Waals surface area contributed by atoms with Crippen molar-refractivity contribution in [2.45, 2.75) is 30.6 Å². The molecule has 0 saturated carbocycles. The molecule has 0 aliphatic carbocycles. The van der Waals surface area contributed by atoms with Crippen molar-refractivity contribution in [2.24, 2.45) is 0 Å². The number of nitrogens with zero attached hydrogens (tertiary/aromatic N) is 2. The minimum atomic E-state index is -0.0271. The van der Waals surface area contributed by atoms with E-state index in [1.807, 2.05) is 35.2 Å². The molecule has 140 valence electrons. The predicted octanol–water partition coefficient (Wildman–Crippen LogP) is 4.14. The highest BCUT2D eigenvalue weighted by molar-refractivity contribution is 8.00. The number of thioether (sulfide) groups is 1. The molecule has 1 aliphatic heterocycles. The quantitative estimate of drug-likeness (QED) is 0.754. The number of benzene rings is 1. The summed E-state index contributed by atoms with van der Waals surface area (Å²) in [7, 11) is 0. The highest BCUT2D eigenvalue weighted by Gasteiger charge is 2.16. The van der Waals surface area contributed by atoms with Crippen LogP contribution in [0.25, 0.3) is 0 Å². The SMILES string of the molecule is CSc1ccc(CN2CCCN(Cc3ccc(NC(C)=O)cc3)CC2)s1. The van der Waals surface area contributed by atoms with Gasteiger partial charge < -0.3 is 5.32 Å². The number of rotatable bonds is 6. The number of carbonyl (C=O) groups is 1. The number of hydrogen-bond donors (Lipinski definition) is 1. The fraction of sp³-hybridized carbons (Fsp3) is 0.450. The van der Waals surface area contributed by atoms with E-state index in [1.165, 1.54) is 34.5 Å². The Morgan fingerprint density at radius 3 is 2.35 bits per heavy atom. The molecule has 0 spiro atoms. The van der Waals surface area contributed by atoms with Gasteiger partial charge in [-0.1, -0.05) is 12.1 Å². The summed E-state index contributed by atoms with van der Waals surface area (Å²) >= 11 is 3.75. The smallest absolute Gasteiger partial charge is 0.221 e. The van der Waals surface area contributed by atoms with Gasteiger partial charge in [-0.05, 0) is 55.6 Å². The minimum absolute atomic E-state index is 0.0271. The second kappa shape index (κ2) is 9.55. The Labute approximate surface area is 164 Å². The van der Waals surface area contributed by atoms with E-state index < -0.39 is 0 Å². The van der Waals surface area contributed by atoms with Crippen LogP contribution in [0.4, 0.5) is 5.69 Å². The third kappa shape index (κ3) is 5.84. The number of anilines is 1. The third-order valence-electron chi connectivity index (χ3n) is 4.58. The van der Waals surface area contributed by atoms with E-state index in [9.17, 15) is 4.79 Å². The molecule has 6 heteroatoms. The Morgan fingerprint density at radius 1 is 1.04 bits per heavy atom. The van der Waals surface area contributed by atoms with E-state index in [4.69, 9.17) is 0 Å². The molecule has 0 atom stereocenters. The fourth-order valence-corrected chi connectivity index (χ4v) is 4.91. The van der Waals surface area contributed by atoms with E-state index in [0.29, 0.717) is 0 Å². The summed E-state index contributed by atoms with van der Waals surface area (Å²) in [5.41, 5.74) is 2.17. The molecule has 2 aromatic rings. The third-order valence-corrected chi connectivity index (χ3v) is 6.73. The van der Waals surface area contributed by atoms with Gasteiger partial charge in [-0.25, -0.2) is 0 Å². The zero-order chi connectivity index (χ0) is 18.4. The summed E-state index contributed by atoms with van der Waals surface area (Å²) in [6.45, 7) is 8.13. The van der Waals surface area contributed by atoms with Gasteiger partial charge in [-0.3, -0.25) is 14.6 Å². The molecule has 1 aromatic carbocycles. The van der Waals surface area contributed by atoms with Crippen molar-refractivity contribution in [1.29, 1.82) is 0 Å². The van der Waals surface area contributed by atoms with Crippen LogP contribution in [0.5, 0.6) is 0 Å². The standard InChI is InChI=1S/C20H27N3OS2/c1-16(24)21-18-6-4-17(5-7-18)14-22-10-3-11-23(13-12-22)15-19-8-9-20(25-2)26-19/h4-9H,3,10-15H2,1-2H3,(H,21,24).